The highest BCUT2D eigenvalue weighted by Gasteiger charge is 2.32. The Hall–Kier alpha value is -1.65. The summed E-state index contributed by atoms with van der Waals surface area (Å²) in [6, 6.07) is 12.7. The highest BCUT2D eigenvalue weighted by molar-refractivity contribution is 7.15. The van der Waals surface area contributed by atoms with Crippen LogP contribution in [-0.4, -0.2) is 29.1 Å². The Morgan fingerprint density at radius 1 is 1.30 bits per heavy atom. The number of likely N-dealkylation sites (tertiary alicyclic amines) is 1. The van der Waals surface area contributed by atoms with Gasteiger partial charge in [0.25, 0.3) is 0 Å². The highest BCUT2D eigenvalue weighted by atomic mass is 32.1. The Morgan fingerprint density at radius 3 is 2.75 bits per heavy atom. The first kappa shape index (κ1) is 13.3. The van der Waals surface area contributed by atoms with Gasteiger partial charge in [-0.05, 0) is 30.2 Å². The van der Waals surface area contributed by atoms with E-state index in [1.54, 1.807) is 11.3 Å². The summed E-state index contributed by atoms with van der Waals surface area (Å²) in [5, 5.41) is 8.88. The van der Waals surface area contributed by atoms with Crippen molar-refractivity contribution >= 4 is 17.3 Å². The fourth-order valence-corrected chi connectivity index (χ4v) is 3.67. The van der Waals surface area contributed by atoms with E-state index < -0.39 is 5.97 Å². The molecule has 1 saturated heterocycles. The topological polar surface area (TPSA) is 40.5 Å². The van der Waals surface area contributed by atoms with Gasteiger partial charge in [-0.25, -0.2) is 0 Å². The molecule has 104 valence electrons. The zero-order valence-electron chi connectivity index (χ0n) is 11.4. The third-order valence-corrected chi connectivity index (χ3v) is 4.86. The molecule has 2 aromatic rings. The monoisotopic (exact) mass is 287 g/mol. The van der Waals surface area contributed by atoms with Crippen LogP contribution in [0.25, 0.3) is 10.4 Å². The number of benzene rings is 1. The lowest BCUT2D eigenvalue weighted by Crippen LogP contribution is -2.49. The molecule has 0 aliphatic carbocycles. The summed E-state index contributed by atoms with van der Waals surface area (Å²) in [7, 11) is 0. The van der Waals surface area contributed by atoms with Crippen LogP contribution in [0.1, 0.15) is 10.4 Å². The Labute approximate surface area is 122 Å². The van der Waals surface area contributed by atoms with Crippen LogP contribution in [0, 0.1) is 12.8 Å². The zero-order chi connectivity index (χ0) is 14.1. The van der Waals surface area contributed by atoms with Gasteiger partial charge in [-0.1, -0.05) is 24.3 Å². The number of thiophene rings is 1. The molecule has 0 radical (unpaired) electrons. The normalized spacial score (nSPS) is 16.1. The first-order chi connectivity index (χ1) is 9.63. The standard InChI is InChI=1S/C16H17NO2S/c1-11-4-2-3-5-14(11)15-7-6-13(20-15)10-17-8-12(9-17)16(18)19/h2-7,12H,8-10H2,1H3,(H,18,19). The molecule has 1 aromatic heterocycles. The number of hydrogen-bond donors (Lipinski definition) is 1. The quantitative estimate of drug-likeness (QED) is 0.938. The van der Waals surface area contributed by atoms with Gasteiger partial charge in [-0.3, -0.25) is 9.69 Å². The van der Waals surface area contributed by atoms with Crippen LogP contribution in [0.2, 0.25) is 0 Å². The van der Waals surface area contributed by atoms with E-state index in [-0.39, 0.29) is 5.92 Å². The fraction of sp³-hybridized carbons (Fsp3) is 0.312. The summed E-state index contributed by atoms with van der Waals surface area (Å²) >= 11 is 1.80. The van der Waals surface area contributed by atoms with Gasteiger partial charge in [0.2, 0.25) is 0 Å². The zero-order valence-corrected chi connectivity index (χ0v) is 12.2. The second-order valence-electron chi connectivity index (χ2n) is 5.31. The predicted octanol–water partition coefficient (Wildman–Crippen LogP) is 3.24. The highest BCUT2D eigenvalue weighted by Crippen LogP contribution is 2.32. The Bertz CT molecular complexity index is 629. The maximum Gasteiger partial charge on any atom is 0.309 e. The molecule has 20 heavy (non-hydrogen) atoms. The van der Waals surface area contributed by atoms with Gasteiger partial charge in [0.05, 0.1) is 5.92 Å². The average Bonchev–Trinajstić information content (AvgIpc) is 2.81. The van der Waals surface area contributed by atoms with E-state index in [2.05, 4.69) is 48.2 Å². The minimum Gasteiger partial charge on any atom is -0.481 e. The summed E-state index contributed by atoms with van der Waals surface area (Å²) in [6.45, 7) is 4.34. The Balaban J connectivity index is 1.66. The molecule has 1 aliphatic rings. The molecule has 1 aliphatic heterocycles. The third-order valence-electron chi connectivity index (χ3n) is 3.76. The first-order valence-electron chi connectivity index (χ1n) is 6.73. The molecule has 3 rings (SSSR count). The molecule has 4 heteroatoms. The number of carbonyl (C=O) groups is 1. The summed E-state index contributed by atoms with van der Waals surface area (Å²) in [4.78, 5) is 15.6. The number of aliphatic carboxylic acids is 1. The molecule has 2 heterocycles. The minimum absolute atomic E-state index is 0.175. The van der Waals surface area contributed by atoms with E-state index in [4.69, 9.17) is 5.11 Å². The SMILES string of the molecule is Cc1ccccc1-c1ccc(CN2CC(C(=O)O)C2)s1. The van der Waals surface area contributed by atoms with Gasteiger partial charge >= 0.3 is 5.97 Å². The second kappa shape index (κ2) is 5.38. The lowest BCUT2D eigenvalue weighted by molar-refractivity contribution is -0.147. The van der Waals surface area contributed by atoms with Crippen molar-refractivity contribution in [3.63, 3.8) is 0 Å². The van der Waals surface area contributed by atoms with Gasteiger partial charge < -0.3 is 5.11 Å². The number of aryl methyl sites for hydroxylation is 1. The molecule has 0 bridgehead atoms. The average molecular weight is 287 g/mol. The van der Waals surface area contributed by atoms with Crippen LogP contribution in [0.15, 0.2) is 36.4 Å². The van der Waals surface area contributed by atoms with Gasteiger partial charge in [0, 0.05) is 29.4 Å². The number of rotatable bonds is 4. The van der Waals surface area contributed by atoms with Crippen LogP contribution < -0.4 is 0 Å². The van der Waals surface area contributed by atoms with Crippen molar-refractivity contribution in [2.75, 3.05) is 13.1 Å². The van der Waals surface area contributed by atoms with Crippen molar-refractivity contribution in [1.29, 1.82) is 0 Å². The van der Waals surface area contributed by atoms with E-state index in [1.165, 1.54) is 20.9 Å². The summed E-state index contributed by atoms with van der Waals surface area (Å²) in [5.74, 6) is -0.848. The number of nitrogens with zero attached hydrogens (tertiary/aromatic N) is 1. The van der Waals surface area contributed by atoms with E-state index in [0.29, 0.717) is 13.1 Å². The van der Waals surface area contributed by atoms with Crippen LogP contribution in [0.4, 0.5) is 0 Å². The molecule has 1 fully saturated rings. The number of carboxylic acids is 1. The molecule has 0 unspecified atom stereocenters. The molecule has 0 atom stereocenters. The largest absolute Gasteiger partial charge is 0.481 e. The summed E-state index contributed by atoms with van der Waals surface area (Å²) < 4.78 is 0. The fourth-order valence-electron chi connectivity index (χ4n) is 2.53. The predicted molar refractivity (Wildman–Crippen MR) is 80.9 cm³/mol. The minimum atomic E-state index is -0.673. The smallest absolute Gasteiger partial charge is 0.309 e. The van der Waals surface area contributed by atoms with E-state index >= 15 is 0 Å². The van der Waals surface area contributed by atoms with Crippen LogP contribution in [-0.2, 0) is 11.3 Å². The maximum absolute atomic E-state index is 10.8. The lowest BCUT2D eigenvalue weighted by atomic mass is 10.0. The van der Waals surface area contributed by atoms with E-state index in [0.717, 1.165) is 6.54 Å². The molecule has 0 spiro atoms. The van der Waals surface area contributed by atoms with Gasteiger partial charge in [0.15, 0.2) is 0 Å². The molecule has 1 aromatic carbocycles. The molecule has 0 amide bonds. The molecular weight excluding hydrogens is 270 g/mol. The number of hydrogen-bond acceptors (Lipinski definition) is 3. The second-order valence-corrected chi connectivity index (χ2v) is 6.48. The van der Waals surface area contributed by atoms with E-state index in [9.17, 15) is 4.79 Å². The van der Waals surface area contributed by atoms with Crippen LogP contribution in [0.3, 0.4) is 0 Å². The van der Waals surface area contributed by atoms with Crippen LogP contribution >= 0.6 is 11.3 Å². The first-order valence-corrected chi connectivity index (χ1v) is 7.55. The van der Waals surface area contributed by atoms with Crippen molar-refractivity contribution < 1.29 is 9.90 Å². The maximum atomic E-state index is 10.8. The van der Waals surface area contributed by atoms with Crippen molar-refractivity contribution in [2.24, 2.45) is 5.92 Å². The van der Waals surface area contributed by atoms with Crippen LogP contribution in [0.5, 0.6) is 0 Å². The van der Waals surface area contributed by atoms with E-state index in [1.807, 2.05) is 0 Å². The van der Waals surface area contributed by atoms with Gasteiger partial charge in [-0.2, -0.15) is 0 Å². The third kappa shape index (κ3) is 2.62. The molecular formula is C16H17NO2S. The summed E-state index contributed by atoms with van der Waals surface area (Å²) in [5.41, 5.74) is 2.58. The summed E-state index contributed by atoms with van der Waals surface area (Å²) in [6.07, 6.45) is 0. The van der Waals surface area contributed by atoms with Crippen molar-refractivity contribution in [3.05, 3.63) is 46.8 Å². The lowest BCUT2D eigenvalue weighted by Gasteiger charge is -2.36. The molecule has 3 nitrogen and oxygen atoms in total. The van der Waals surface area contributed by atoms with Crippen molar-refractivity contribution in [2.45, 2.75) is 13.5 Å². The van der Waals surface area contributed by atoms with Gasteiger partial charge in [-0.15, -0.1) is 11.3 Å². The van der Waals surface area contributed by atoms with Gasteiger partial charge in [0.1, 0.15) is 0 Å². The molecule has 1 N–H and O–H groups in total. The Kier molecular flexibility index (Phi) is 3.59. The van der Waals surface area contributed by atoms with Crippen molar-refractivity contribution in [3.8, 4) is 10.4 Å². The molecule has 0 saturated carbocycles. The number of carboxylic acid groups (broad SMARTS) is 1. The Morgan fingerprint density at radius 2 is 2.05 bits per heavy atom. The van der Waals surface area contributed by atoms with Crippen molar-refractivity contribution in [1.82, 2.24) is 4.90 Å².